The van der Waals surface area contributed by atoms with E-state index >= 15 is 0 Å². The van der Waals surface area contributed by atoms with Gasteiger partial charge in [-0.2, -0.15) is 0 Å². The maximum atomic E-state index is 6.25. The summed E-state index contributed by atoms with van der Waals surface area (Å²) < 4.78 is 12.5. The van der Waals surface area contributed by atoms with Crippen LogP contribution in [0, 0.1) is 0 Å². The number of aromatic nitrogens is 2. The van der Waals surface area contributed by atoms with Crippen molar-refractivity contribution in [2.24, 2.45) is 0 Å². The van der Waals surface area contributed by atoms with Gasteiger partial charge in [-0.15, -0.1) is 11.3 Å². The van der Waals surface area contributed by atoms with Crippen LogP contribution in [-0.2, 0) is 6.42 Å². The van der Waals surface area contributed by atoms with Crippen LogP contribution in [0.2, 0.25) is 0 Å². The van der Waals surface area contributed by atoms with Crippen molar-refractivity contribution >= 4 is 99.2 Å². The Bertz CT molecular complexity index is 4060. The molecule has 9 aromatic carbocycles. The molecule has 4 aromatic heterocycles. The highest BCUT2D eigenvalue weighted by molar-refractivity contribution is 7.23. The summed E-state index contributed by atoms with van der Waals surface area (Å²) in [6, 6.07) is 76.7. The molecule has 0 aliphatic heterocycles. The second-order valence-electron chi connectivity index (χ2n) is 17.2. The number of nitrogens with zero attached hydrogens (tertiary/aromatic N) is 3. The second kappa shape index (κ2) is 14.6. The van der Waals surface area contributed by atoms with Gasteiger partial charge in [0, 0.05) is 70.5 Å². The van der Waals surface area contributed by atoms with Gasteiger partial charge in [0.25, 0.3) is 0 Å². The van der Waals surface area contributed by atoms with E-state index in [1.165, 1.54) is 75.6 Å². The molecular formula is C61H39N3OS. The van der Waals surface area contributed by atoms with Crippen molar-refractivity contribution in [1.29, 1.82) is 0 Å². The third-order valence-electron chi connectivity index (χ3n) is 13.6. The SMILES string of the molecule is C1=Cc2c(c3ccccc3n2-c2ccc(N(c3ccccc3)c3ccc(-c4ccccc4)cc3)cc2)-c2sc3c(ccc4c3c3ccccc3n4-c3ccc4oc5ccccc5c4c3)c2C1. The van der Waals surface area contributed by atoms with Crippen molar-refractivity contribution in [1.82, 2.24) is 9.13 Å². The van der Waals surface area contributed by atoms with E-state index in [0.29, 0.717) is 0 Å². The van der Waals surface area contributed by atoms with Crippen LogP contribution in [0.25, 0.3) is 104 Å². The average Bonchev–Trinajstić information content (AvgIpc) is 4.09. The van der Waals surface area contributed by atoms with Crippen LogP contribution in [0.3, 0.4) is 0 Å². The molecule has 1 aliphatic rings. The molecule has 0 saturated carbocycles. The van der Waals surface area contributed by atoms with Crippen LogP contribution in [0.15, 0.2) is 223 Å². The molecule has 0 amide bonds. The third-order valence-corrected chi connectivity index (χ3v) is 14.8. The Labute approximate surface area is 384 Å². The lowest BCUT2D eigenvalue weighted by molar-refractivity contribution is 0.669. The van der Waals surface area contributed by atoms with Gasteiger partial charge in [-0.1, -0.05) is 127 Å². The minimum absolute atomic E-state index is 0.862. The summed E-state index contributed by atoms with van der Waals surface area (Å²) >= 11 is 1.95. The van der Waals surface area contributed by atoms with E-state index in [9.17, 15) is 0 Å². The van der Waals surface area contributed by atoms with Crippen LogP contribution < -0.4 is 4.90 Å². The normalized spacial score (nSPS) is 12.4. The molecule has 0 N–H and O–H groups in total. The molecule has 5 heteroatoms. The Hall–Kier alpha value is -8.38. The molecule has 0 atom stereocenters. The van der Waals surface area contributed by atoms with Crippen LogP contribution >= 0.6 is 11.3 Å². The van der Waals surface area contributed by atoms with E-state index in [2.05, 4.69) is 232 Å². The zero-order valence-corrected chi connectivity index (χ0v) is 36.5. The molecule has 4 nitrogen and oxygen atoms in total. The minimum Gasteiger partial charge on any atom is -0.456 e. The number of rotatable bonds is 6. The van der Waals surface area contributed by atoms with Crippen LogP contribution in [0.4, 0.5) is 17.1 Å². The zero-order valence-electron chi connectivity index (χ0n) is 35.7. The fourth-order valence-corrected chi connectivity index (χ4v) is 12.1. The van der Waals surface area contributed by atoms with Crippen molar-refractivity contribution < 1.29 is 4.42 Å². The Kier molecular flexibility index (Phi) is 8.18. The van der Waals surface area contributed by atoms with E-state index < -0.39 is 0 Å². The van der Waals surface area contributed by atoms with E-state index in [1.807, 2.05) is 17.4 Å². The molecule has 13 aromatic rings. The van der Waals surface area contributed by atoms with Gasteiger partial charge in [0.15, 0.2) is 0 Å². The van der Waals surface area contributed by atoms with E-state index in [1.54, 1.807) is 0 Å². The molecule has 14 rings (SSSR count). The number of allylic oxidation sites excluding steroid dienone is 1. The number of para-hydroxylation sites is 4. The van der Waals surface area contributed by atoms with Gasteiger partial charge < -0.3 is 18.5 Å². The van der Waals surface area contributed by atoms with Crippen molar-refractivity contribution in [3.63, 3.8) is 0 Å². The molecule has 0 fully saturated rings. The van der Waals surface area contributed by atoms with E-state index in [-0.39, 0.29) is 0 Å². The first-order chi connectivity index (χ1) is 32.7. The van der Waals surface area contributed by atoms with Gasteiger partial charge in [-0.3, -0.25) is 0 Å². The summed E-state index contributed by atoms with van der Waals surface area (Å²) in [5.74, 6) is 0. The first-order valence-electron chi connectivity index (χ1n) is 22.6. The van der Waals surface area contributed by atoms with Gasteiger partial charge in [0.2, 0.25) is 0 Å². The first-order valence-corrected chi connectivity index (χ1v) is 23.4. The quantitative estimate of drug-likeness (QED) is 0.166. The van der Waals surface area contributed by atoms with Gasteiger partial charge in [0.1, 0.15) is 11.2 Å². The van der Waals surface area contributed by atoms with Crippen LogP contribution in [0.5, 0.6) is 0 Å². The van der Waals surface area contributed by atoms with Gasteiger partial charge in [-0.25, -0.2) is 0 Å². The number of anilines is 3. The van der Waals surface area contributed by atoms with Crippen molar-refractivity contribution in [3.05, 3.63) is 230 Å². The lowest BCUT2D eigenvalue weighted by Crippen LogP contribution is -2.10. The molecule has 310 valence electrons. The molecular weight excluding hydrogens is 823 g/mol. The largest absolute Gasteiger partial charge is 0.456 e. The number of benzene rings is 9. The topological polar surface area (TPSA) is 26.2 Å². The molecule has 0 spiro atoms. The fraction of sp³-hybridized carbons (Fsp3) is 0.0164. The van der Waals surface area contributed by atoms with Gasteiger partial charge in [-0.05, 0) is 126 Å². The molecule has 0 radical (unpaired) electrons. The lowest BCUT2D eigenvalue weighted by atomic mass is 10.0. The van der Waals surface area contributed by atoms with Crippen molar-refractivity contribution in [3.8, 4) is 32.9 Å². The fourth-order valence-electron chi connectivity index (χ4n) is 10.6. The summed E-state index contributed by atoms with van der Waals surface area (Å²) in [4.78, 5) is 3.69. The third kappa shape index (κ3) is 5.57. The molecule has 0 bridgehead atoms. The molecule has 4 heterocycles. The number of hydrogen-bond donors (Lipinski definition) is 0. The summed E-state index contributed by atoms with van der Waals surface area (Å²) in [6.45, 7) is 0. The number of fused-ring (bicyclic) bond motifs is 14. The average molecular weight is 862 g/mol. The maximum Gasteiger partial charge on any atom is 0.135 e. The second-order valence-corrected chi connectivity index (χ2v) is 18.2. The molecule has 1 aliphatic carbocycles. The number of thiophene rings is 1. The van der Waals surface area contributed by atoms with Crippen LogP contribution in [-0.4, -0.2) is 9.13 Å². The number of hydrogen-bond acceptors (Lipinski definition) is 3. The highest BCUT2D eigenvalue weighted by Gasteiger charge is 2.27. The number of furan rings is 1. The summed E-state index contributed by atoms with van der Waals surface area (Å²) in [6.07, 6.45) is 5.59. The Morgan fingerprint density at radius 1 is 0.439 bits per heavy atom. The standard InChI is InChI=1S/C61H39N3OS/c1-3-14-39(15-4-1)40-26-28-42(29-27-40)62(41-16-5-2-6-17-41)43-30-32-44(33-31-43)63-52-22-10-7-19-49(52)58-54(63)24-13-21-47-48-35-36-55-59(61(48)66-60(47)58)50-20-8-11-23-53(50)64(55)45-34-37-57-51(38-45)46-18-9-12-25-56(46)65-57/h1-20,22-38H,21H2. The van der Waals surface area contributed by atoms with Gasteiger partial charge >= 0.3 is 0 Å². The highest BCUT2D eigenvalue weighted by atomic mass is 32.1. The van der Waals surface area contributed by atoms with Crippen molar-refractivity contribution in [2.45, 2.75) is 6.42 Å². The Balaban J connectivity index is 0.912. The minimum atomic E-state index is 0.862. The molecule has 0 unspecified atom stereocenters. The lowest BCUT2D eigenvalue weighted by Gasteiger charge is -2.26. The maximum absolute atomic E-state index is 6.25. The predicted molar refractivity (Wildman–Crippen MR) is 279 cm³/mol. The molecule has 0 saturated heterocycles. The zero-order chi connectivity index (χ0) is 43.3. The Morgan fingerprint density at radius 2 is 1.05 bits per heavy atom. The molecule has 66 heavy (non-hydrogen) atoms. The van der Waals surface area contributed by atoms with E-state index in [4.69, 9.17) is 4.42 Å². The smallest absolute Gasteiger partial charge is 0.135 e. The monoisotopic (exact) mass is 861 g/mol. The van der Waals surface area contributed by atoms with Crippen molar-refractivity contribution in [2.75, 3.05) is 4.90 Å². The predicted octanol–water partition coefficient (Wildman–Crippen LogP) is 17.2. The van der Waals surface area contributed by atoms with E-state index in [0.717, 1.165) is 56.8 Å². The highest BCUT2D eigenvalue weighted by Crippen LogP contribution is 2.51. The summed E-state index contributed by atoms with van der Waals surface area (Å²) in [7, 11) is 0. The Morgan fingerprint density at radius 3 is 1.83 bits per heavy atom. The summed E-state index contributed by atoms with van der Waals surface area (Å²) in [5, 5.41) is 7.43. The van der Waals surface area contributed by atoms with Gasteiger partial charge in [0.05, 0.1) is 22.2 Å². The summed E-state index contributed by atoms with van der Waals surface area (Å²) in [5.41, 5.74) is 17.3. The first kappa shape index (κ1) is 37.0. The van der Waals surface area contributed by atoms with Crippen LogP contribution in [0.1, 0.15) is 11.3 Å².